The third-order valence-electron chi connectivity index (χ3n) is 5.87. The first kappa shape index (κ1) is 21.0. The van der Waals surface area contributed by atoms with Crippen LogP contribution in [0.5, 0.6) is 0 Å². The number of aliphatic imine (C=N–C) groups is 1. The number of halogens is 1. The number of nitrogens with one attached hydrogen (secondary N) is 2. The van der Waals surface area contributed by atoms with Gasteiger partial charge in [0.25, 0.3) is 0 Å². The van der Waals surface area contributed by atoms with Gasteiger partial charge in [-0.05, 0) is 49.6 Å². The molecule has 30 heavy (non-hydrogen) atoms. The van der Waals surface area contributed by atoms with Gasteiger partial charge in [-0.2, -0.15) is 4.31 Å². The van der Waals surface area contributed by atoms with Gasteiger partial charge in [0.15, 0.2) is 0 Å². The molecule has 8 heteroatoms. The van der Waals surface area contributed by atoms with Crippen LogP contribution < -0.4 is 10.6 Å². The predicted octanol–water partition coefficient (Wildman–Crippen LogP) is 2.45. The molecule has 0 aliphatic carbocycles. The highest BCUT2D eigenvalue weighted by Crippen LogP contribution is 2.29. The first-order valence-electron chi connectivity index (χ1n) is 10.2. The van der Waals surface area contributed by atoms with Gasteiger partial charge in [0, 0.05) is 26.2 Å². The first-order valence-corrected chi connectivity index (χ1v) is 11.7. The van der Waals surface area contributed by atoms with Crippen molar-refractivity contribution >= 4 is 15.9 Å². The monoisotopic (exact) mass is 430 g/mol. The predicted molar refractivity (Wildman–Crippen MR) is 115 cm³/mol. The maximum absolute atomic E-state index is 13.2. The Hall–Kier alpha value is -2.29. The Kier molecular flexibility index (Phi) is 5.90. The van der Waals surface area contributed by atoms with Crippen LogP contribution >= 0.6 is 0 Å². The summed E-state index contributed by atoms with van der Waals surface area (Å²) in [5, 5.41) is 7.08. The van der Waals surface area contributed by atoms with Gasteiger partial charge in [-0.15, -0.1) is 0 Å². The summed E-state index contributed by atoms with van der Waals surface area (Å²) in [4.78, 5) is 4.86. The quantitative estimate of drug-likeness (QED) is 0.782. The summed E-state index contributed by atoms with van der Waals surface area (Å²) in [5.74, 6) is 0.465. The summed E-state index contributed by atoms with van der Waals surface area (Å²) in [5.41, 5.74) is 2.07. The zero-order chi connectivity index (χ0) is 21.2. The van der Waals surface area contributed by atoms with E-state index in [1.165, 1.54) is 39.7 Å². The second-order valence-electron chi connectivity index (χ2n) is 7.94. The SMILES string of the molecule is Cc1cccc(CNC2=NCCNC23CCN(S(=O)(=O)c2ccc(F)cc2)CC3)c1. The Morgan fingerprint density at radius 1 is 1.17 bits per heavy atom. The molecule has 0 atom stereocenters. The Bertz CT molecular complexity index is 1030. The minimum absolute atomic E-state index is 0.128. The standard InChI is InChI=1S/C22H27FN4O2S/c1-17-3-2-4-18(15-17)16-25-21-22(26-12-11-24-21)9-13-27(14-10-22)30(28,29)20-7-5-19(23)6-8-20/h2-8,15,26H,9-14,16H2,1H3,(H,24,25). The van der Waals surface area contributed by atoms with Gasteiger partial charge in [-0.3, -0.25) is 4.99 Å². The van der Waals surface area contributed by atoms with Crippen molar-refractivity contribution < 1.29 is 12.8 Å². The lowest BCUT2D eigenvalue weighted by molar-refractivity contribution is 0.241. The molecule has 4 rings (SSSR count). The van der Waals surface area contributed by atoms with Crippen LogP contribution in [0, 0.1) is 12.7 Å². The fourth-order valence-corrected chi connectivity index (χ4v) is 5.65. The molecule has 6 nitrogen and oxygen atoms in total. The van der Waals surface area contributed by atoms with E-state index in [9.17, 15) is 12.8 Å². The summed E-state index contributed by atoms with van der Waals surface area (Å²) >= 11 is 0. The van der Waals surface area contributed by atoms with Crippen molar-refractivity contribution in [2.75, 3.05) is 26.2 Å². The zero-order valence-electron chi connectivity index (χ0n) is 17.1. The number of nitrogens with zero attached hydrogens (tertiary/aromatic N) is 2. The number of hydrogen-bond donors (Lipinski definition) is 2. The molecule has 2 aliphatic rings. The van der Waals surface area contributed by atoms with Crippen LogP contribution in [0.2, 0.25) is 0 Å². The van der Waals surface area contributed by atoms with E-state index < -0.39 is 15.8 Å². The number of piperidine rings is 1. The normalized spacial score (nSPS) is 19.5. The summed E-state index contributed by atoms with van der Waals surface area (Å²) in [7, 11) is -3.63. The van der Waals surface area contributed by atoms with E-state index in [4.69, 9.17) is 4.99 Å². The number of sulfonamides is 1. The molecule has 0 saturated carbocycles. The Morgan fingerprint density at radius 2 is 1.90 bits per heavy atom. The van der Waals surface area contributed by atoms with Gasteiger partial charge in [0.2, 0.25) is 10.0 Å². The average molecular weight is 431 g/mol. The van der Waals surface area contributed by atoms with E-state index in [2.05, 4.69) is 35.8 Å². The van der Waals surface area contributed by atoms with E-state index in [1.54, 1.807) is 0 Å². The van der Waals surface area contributed by atoms with Crippen LogP contribution in [-0.2, 0) is 16.6 Å². The molecule has 0 unspecified atom stereocenters. The number of rotatable bonds is 4. The van der Waals surface area contributed by atoms with Gasteiger partial charge in [-0.1, -0.05) is 29.8 Å². The van der Waals surface area contributed by atoms with Gasteiger partial charge in [0.1, 0.15) is 11.7 Å². The number of benzene rings is 2. The summed E-state index contributed by atoms with van der Waals surface area (Å²) in [6.45, 7) is 5.01. The second-order valence-corrected chi connectivity index (χ2v) is 9.88. The smallest absolute Gasteiger partial charge is 0.243 e. The lowest BCUT2D eigenvalue weighted by Gasteiger charge is -2.44. The van der Waals surface area contributed by atoms with Crippen LogP contribution in [0.15, 0.2) is 58.4 Å². The van der Waals surface area contributed by atoms with Crippen LogP contribution in [-0.4, -0.2) is 50.3 Å². The fourth-order valence-electron chi connectivity index (χ4n) is 4.21. The highest BCUT2D eigenvalue weighted by atomic mass is 32.2. The van der Waals surface area contributed by atoms with Gasteiger partial charge in [0.05, 0.1) is 17.0 Å². The maximum Gasteiger partial charge on any atom is 0.243 e. The molecule has 2 heterocycles. The van der Waals surface area contributed by atoms with E-state index in [-0.39, 0.29) is 10.4 Å². The summed E-state index contributed by atoms with van der Waals surface area (Å²) in [6, 6.07) is 13.4. The van der Waals surface area contributed by atoms with E-state index in [0.717, 1.165) is 12.4 Å². The summed E-state index contributed by atoms with van der Waals surface area (Å²) in [6.07, 6.45) is 1.26. The second kappa shape index (κ2) is 8.45. The van der Waals surface area contributed by atoms with Crippen molar-refractivity contribution in [3.63, 3.8) is 0 Å². The molecule has 2 aliphatic heterocycles. The number of hydrogen-bond acceptors (Lipinski definition) is 5. The molecular formula is C22H27FN4O2S. The van der Waals surface area contributed by atoms with Crippen molar-refractivity contribution in [2.45, 2.75) is 36.7 Å². The Balaban J connectivity index is 1.45. The first-order chi connectivity index (χ1) is 14.4. The van der Waals surface area contributed by atoms with Crippen LogP contribution in [0.25, 0.3) is 0 Å². The molecule has 0 bridgehead atoms. The number of aryl methyl sites for hydroxylation is 1. The molecule has 0 aromatic heterocycles. The Labute approximate surface area is 177 Å². The van der Waals surface area contributed by atoms with Crippen LogP contribution in [0.1, 0.15) is 24.0 Å². The number of amidine groups is 1. The minimum atomic E-state index is -3.63. The molecule has 2 N–H and O–H groups in total. The van der Waals surface area contributed by atoms with Crippen molar-refractivity contribution in [3.8, 4) is 0 Å². The molecule has 1 fully saturated rings. The van der Waals surface area contributed by atoms with Gasteiger partial charge in [-0.25, -0.2) is 12.8 Å². The van der Waals surface area contributed by atoms with Crippen LogP contribution in [0.4, 0.5) is 4.39 Å². The van der Waals surface area contributed by atoms with Crippen molar-refractivity contribution in [1.82, 2.24) is 14.9 Å². The molecule has 160 valence electrons. The van der Waals surface area contributed by atoms with Crippen molar-refractivity contribution in [2.24, 2.45) is 4.99 Å². The molecular weight excluding hydrogens is 403 g/mol. The molecule has 2 aromatic carbocycles. The van der Waals surface area contributed by atoms with E-state index in [0.29, 0.717) is 39.0 Å². The zero-order valence-corrected chi connectivity index (χ0v) is 17.9. The topological polar surface area (TPSA) is 73.8 Å². The molecule has 2 aromatic rings. The highest BCUT2D eigenvalue weighted by Gasteiger charge is 2.43. The lowest BCUT2D eigenvalue weighted by atomic mass is 9.85. The van der Waals surface area contributed by atoms with Crippen molar-refractivity contribution in [3.05, 3.63) is 65.5 Å². The minimum Gasteiger partial charge on any atom is -0.368 e. The van der Waals surface area contributed by atoms with Crippen LogP contribution in [0.3, 0.4) is 0 Å². The largest absolute Gasteiger partial charge is 0.368 e. The Morgan fingerprint density at radius 3 is 2.60 bits per heavy atom. The molecule has 1 saturated heterocycles. The molecule has 0 amide bonds. The third-order valence-corrected chi connectivity index (χ3v) is 7.78. The van der Waals surface area contributed by atoms with E-state index in [1.807, 2.05) is 6.07 Å². The van der Waals surface area contributed by atoms with Gasteiger partial charge >= 0.3 is 0 Å². The van der Waals surface area contributed by atoms with Crippen molar-refractivity contribution in [1.29, 1.82) is 0 Å². The third kappa shape index (κ3) is 4.26. The van der Waals surface area contributed by atoms with E-state index >= 15 is 0 Å². The molecule has 1 spiro atoms. The maximum atomic E-state index is 13.2. The molecule has 0 radical (unpaired) electrons. The average Bonchev–Trinajstić information content (AvgIpc) is 2.74. The lowest BCUT2D eigenvalue weighted by Crippen LogP contribution is -2.64. The summed E-state index contributed by atoms with van der Waals surface area (Å²) < 4.78 is 40.5. The van der Waals surface area contributed by atoms with Gasteiger partial charge < -0.3 is 10.6 Å². The highest BCUT2D eigenvalue weighted by molar-refractivity contribution is 7.89. The fraction of sp³-hybridized carbons (Fsp3) is 0.409.